The number of hydrogen-bond donors (Lipinski definition) is 0. The van der Waals surface area contributed by atoms with Gasteiger partial charge in [-0.3, -0.25) is 4.84 Å². The Labute approximate surface area is 148 Å². The first-order valence-corrected chi connectivity index (χ1v) is 9.49. The minimum Gasteiger partial charge on any atom is -0.459 e. The topological polar surface area (TPSA) is 38.8 Å². The number of piperidine rings is 1. The number of hydroxylamine groups is 2. The summed E-state index contributed by atoms with van der Waals surface area (Å²) in [7, 11) is 0. The van der Waals surface area contributed by atoms with Gasteiger partial charge in [0, 0.05) is 30.0 Å². The number of hydrogen-bond acceptors (Lipinski definition) is 4. The van der Waals surface area contributed by atoms with Crippen LogP contribution >= 0.6 is 0 Å². The monoisotopic (exact) mass is 339 g/mol. The molecule has 1 aliphatic heterocycles. The molecule has 0 spiro atoms. The molecular formula is C20H37NO3. The molecule has 4 heteroatoms. The van der Waals surface area contributed by atoms with Crippen LogP contribution in [0.25, 0.3) is 0 Å². The minimum atomic E-state index is -0.340. The highest BCUT2D eigenvalue weighted by Gasteiger charge is 2.47. The molecule has 0 aromatic heterocycles. The Kier molecular flexibility index (Phi) is 8.44. The van der Waals surface area contributed by atoms with Crippen molar-refractivity contribution in [1.29, 1.82) is 0 Å². The van der Waals surface area contributed by atoms with Crippen molar-refractivity contribution >= 4 is 5.97 Å². The van der Waals surface area contributed by atoms with Crippen molar-refractivity contribution in [2.24, 2.45) is 0 Å². The third kappa shape index (κ3) is 6.56. The number of esters is 1. The second-order valence-corrected chi connectivity index (χ2v) is 8.19. The van der Waals surface area contributed by atoms with E-state index < -0.39 is 0 Å². The molecule has 1 aliphatic rings. The summed E-state index contributed by atoms with van der Waals surface area (Å²) in [6, 6.07) is 0. The summed E-state index contributed by atoms with van der Waals surface area (Å²) in [6.07, 6.45) is 10.3. The predicted octanol–water partition coefficient (Wildman–Crippen LogP) is 5.03. The second-order valence-electron chi connectivity index (χ2n) is 8.19. The number of ether oxygens (including phenoxy) is 1. The Morgan fingerprint density at radius 1 is 1.08 bits per heavy atom. The predicted molar refractivity (Wildman–Crippen MR) is 98.6 cm³/mol. The van der Waals surface area contributed by atoms with Gasteiger partial charge in [-0.25, -0.2) is 4.79 Å². The maximum Gasteiger partial charge on any atom is 0.330 e. The number of unbranched alkanes of at least 4 members (excludes halogenated alkanes) is 5. The Hall–Kier alpha value is -0.870. The van der Waals surface area contributed by atoms with Crippen LogP contribution in [0.4, 0.5) is 0 Å². The standard InChI is InChI=1S/C20H37NO3/c1-7-9-10-11-12-13-14-23-21-19(3,4)15-17(16-20(21,5)6)24-18(22)8-2/h8,17H,2,7,9-16H2,1,3-6H3. The van der Waals surface area contributed by atoms with Crippen LogP contribution in [0.15, 0.2) is 12.7 Å². The van der Waals surface area contributed by atoms with Gasteiger partial charge in [-0.05, 0) is 34.1 Å². The van der Waals surface area contributed by atoms with Crippen LogP contribution in [-0.4, -0.2) is 34.8 Å². The van der Waals surface area contributed by atoms with Crippen molar-refractivity contribution < 1.29 is 14.4 Å². The maximum absolute atomic E-state index is 11.5. The van der Waals surface area contributed by atoms with Crippen LogP contribution in [0.2, 0.25) is 0 Å². The van der Waals surface area contributed by atoms with E-state index in [2.05, 4.69) is 46.3 Å². The van der Waals surface area contributed by atoms with Gasteiger partial charge in [0.05, 0.1) is 6.61 Å². The van der Waals surface area contributed by atoms with Crippen LogP contribution in [0, 0.1) is 0 Å². The van der Waals surface area contributed by atoms with Crippen molar-refractivity contribution in [3.63, 3.8) is 0 Å². The lowest BCUT2D eigenvalue weighted by molar-refractivity contribution is -0.293. The molecule has 0 radical (unpaired) electrons. The Morgan fingerprint density at radius 3 is 2.17 bits per heavy atom. The molecular weight excluding hydrogens is 302 g/mol. The molecule has 0 atom stereocenters. The highest BCUT2D eigenvalue weighted by molar-refractivity contribution is 5.81. The Morgan fingerprint density at radius 2 is 1.62 bits per heavy atom. The van der Waals surface area contributed by atoms with Crippen LogP contribution in [-0.2, 0) is 14.4 Å². The summed E-state index contributed by atoms with van der Waals surface area (Å²) >= 11 is 0. The van der Waals surface area contributed by atoms with Crippen molar-refractivity contribution in [3.8, 4) is 0 Å². The normalized spacial score (nSPS) is 20.7. The van der Waals surface area contributed by atoms with E-state index >= 15 is 0 Å². The third-order valence-corrected chi connectivity index (χ3v) is 4.72. The maximum atomic E-state index is 11.5. The summed E-state index contributed by atoms with van der Waals surface area (Å²) in [5, 5.41) is 2.13. The van der Waals surface area contributed by atoms with Gasteiger partial charge in [0.15, 0.2) is 0 Å². The summed E-state index contributed by atoms with van der Waals surface area (Å²) in [5.74, 6) is -0.340. The molecule has 0 unspecified atom stereocenters. The molecule has 140 valence electrons. The Balaban J connectivity index is 2.49. The average Bonchev–Trinajstić information content (AvgIpc) is 2.47. The van der Waals surface area contributed by atoms with E-state index in [0.29, 0.717) is 0 Å². The lowest BCUT2D eigenvalue weighted by Crippen LogP contribution is -2.62. The molecule has 1 rings (SSSR count). The Bertz CT molecular complexity index is 386. The fraction of sp³-hybridized carbons (Fsp3) is 0.850. The van der Waals surface area contributed by atoms with E-state index in [-0.39, 0.29) is 23.2 Å². The van der Waals surface area contributed by atoms with Crippen LogP contribution in [0.5, 0.6) is 0 Å². The number of carbonyl (C=O) groups excluding carboxylic acids is 1. The van der Waals surface area contributed by atoms with Crippen molar-refractivity contribution in [2.75, 3.05) is 6.61 Å². The highest BCUT2D eigenvalue weighted by Crippen LogP contribution is 2.39. The highest BCUT2D eigenvalue weighted by atomic mass is 16.7. The first-order chi connectivity index (χ1) is 11.2. The van der Waals surface area contributed by atoms with Gasteiger partial charge in [-0.2, -0.15) is 5.06 Å². The van der Waals surface area contributed by atoms with Gasteiger partial charge in [-0.15, -0.1) is 0 Å². The lowest BCUT2D eigenvalue weighted by Gasteiger charge is -2.53. The number of carbonyl (C=O) groups is 1. The number of rotatable bonds is 10. The molecule has 0 aromatic rings. The summed E-state index contributed by atoms with van der Waals surface area (Å²) in [4.78, 5) is 17.7. The molecule has 1 heterocycles. The van der Waals surface area contributed by atoms with E-state index in [9.17, 15) is 4.79 Å². The zero-order valence-electron chi connectivity index (χ0n) is 16.4. The molecule has 0 bridgehead atoms. The third-order valence-electron chi connectivity index (χ3n) is 4.72. The van der Waals surface area contributed by atoms with E-state index in [0.717, 1.165) is 25.9 Å². The van der Waals surface area contributed by atoms with Gasteiger partial charge >= 0.3 is 5.97 Å². The molecule has 0 N–H and O–H groups in total. The van der Waals surface area contributed by atoms with Crippen molar-refractivity contribution in [1.82, 2.24) is 5.06 Å². The molecule has 1 fully saturated rings. The zero-order chi connectivity index (χ0) is 18.2. The molecule has 24 heavy (non-hydrogen) atoms. The van der Waals surface area contributed by atoms with Crippen LogP contribution in [0.1, 0.15) is 86.0 Å². The fourth-order valence-corrected chi connectivity index (χ4v) is 3.86. The summed E-state index contributed by atoms with van der Waals surface area (Å²) in [6.45, 7) is 15.1. The molecule has 0 aliphatic carbocycles. The largest absolute Gasteiger partial charge is 0.459 e. The van der Waals surface area contributed by atoms with E-state index in [4.69, 9.17) is 9.57 Å². The van der Waals surface area contributed by atoms with Gasteiger partial charge < -0.3 is 4.74 Å². The molecule has 1 saturated heterocycles. The summed E-state index contributed by atoms with van der Waals surface area (Å²) < 4.78 is 5.50. The quantitative estimate of drug-likeness (QED) is 0.318. The SMILES string of the molecule is C=CC(=O)OC1CC(C)(C)N(OCCCCCCCC)C(C)(C)C1. The van der Waals surface area contributed by atoms with Crippen LogP contribution < -0.4 is 0 Å². The number of nitrogens with zero attached hydrogens (tertiary/aromatic N) is 1. The van der Waals surface area contributed by atoms with Crippen molar-refractivity contribution in [2.45, 2.75) is 103 Å². The van der Waals surface area contributed by atoms with Gasteiger partial charge in [0.25, 0.3) is 0 Å². The molecule has 0 amide bonds. The molecule has 4 nitrogen and oxygen atoms in total. The first kappa shape index (κ1) is 21.2. The average molecular weight is 340 g/mol. The fourth-order valence-electron chi connectivity index (χ4n) is 3.86. The smallest absolute Gasteiger partial charge is 0.330 e. The second kappa shape index (κ2) is 9.57. The van der Waals surface area contributed by atoms with E-state index in [1.165, 1.54) is 38.2 Å². The lowest BCUT2D eigenvalue weighted by atomic mass is 9.80. The van der Waals surface area contributed by atoms with Gasteiger partial charge in [0.2, 0.25) is 0 Å². The zero-order valence-corrected chi connectivity index (χ0v) is 16.4. The van der Waals surface area contributed by atoms with Gasteiger partial charge in [0.1, 0.15) is 6.10 Å². The summed E-state index contributed by atoms with van der Waals surface area (Å²) in [5.41, 5.74) is -0.341. The van der Waals surface area contributed by atoms with E-state index in [1.54, 1.807) is 0 Å². The van der Waals surface area contributed by atoms with Crippen molar-refractivity contribution in [3.05, 3.63) is 12.7 Å². The van der Waals surface area contributed by atoms with Crippen LogP contribution in [0.3, 0.4) is 0 Å². The van der Waals surface area contributed by atoms with E-state index in [1.807, 2.05) is 0 Å². The molecule has 0 saturated carbocycles. The minimum absolute atomic E-state index is 0.0885. The first-order valence-electron chi connectivity index (χ1n) is 9.49. The van der Waals surface area contributed by atoms with Gasteiger partial charge in [-0.1, -0.05) is 45.6 Å². The molecule has 0 aromatic carbocycles.